The number of carbonyl (C=O) groups is 1. The summed E-state index contributed by atoms with van der Waals surface area (Å²) in [5.41, 5.74) is 2.70. The third-order valence-electron chi connectivity index (χ3n) is 3.01. The minimum Gasteiger partial charge on any atom is -0.395 e. The lowest BCUT2D eigenvalue weighted by Crippen LogP contribution is -2.26. The van der Waals surface area contributed by atoms with Crippen LogP contribution in [-0.2, 0) is 0 Å². The second-order valence-electron chi connectivity index (χ2n) is 4.64. The first-order valence-electron chi connectivity index (χ1n) is 6.65. The molecule has 2 aromatic rings. The number of aliphatic hydroxyl groups excluding tert-OH is 1. The van der Waals surface area contributed by atoms with Crippen LogP contribution in [0.2, 0.25) is 0 Å². The van der Waals surface area contributed by atoms with Gasteiger partial charge in [0, 0.05) is 24.7 Å². The van der Waals surface area contributed by atoms with Gasteiger partial charge in [0.25, 0.3) is 5.91 Å². The first-order valence-corrected chi connectivity index (χ1v) is 7.53. The average molecular weight is 299 g/mol. The van der Waals surface area contributed by atoms with E-state index in [4.69, 9.17) is 5.11 Å². The van der Waals surface area contributed by atoms with Crippen LogP contribution in [-0.4, -0.2) is 24.7 Å². The number of benzene rings is 1. The monoisotopic (exact) mass is 299 g/mol. The SMILES string of the molecule is Cc1cccc(N(C)C(=O)c2sccc2C#CCCO)c1. The Labute approximate surface area is 128 Å². The van der Waals surface area contributed by atoms with Crippen LogP contribution in [0.5, 0.6) is 0 Å². The van der Waals surface area contributed by atoms with Gasteiger partial charge < -0.3 is 10.0 Å². The number of aryl methyl sites for hydroxylation is 1. The average Bonchev–Trinajstić information content (AvgIpc) is 2.94. The van der Waals surface area contributed by atoms with Crippen LogP contribution in [0.25, 0.3) is 0 Å². The molecule has 0 aliphatic heterocycles. The maximum atomic E-state index is 12.6. The zero-order valence-electron chi connectivity index (χ0n) is 12.1. The summed E-state index contributed by atoms with van der Waals surface area (Å²) >= 11 is 1.39. The molecule has 0 spiro atoms. The Kier molecular flexibility index (Phi) is 5.15. The van der Waals surface area contributed by atoms with Crippen molar-refractivity contribution < 1.29 is 9.90 Å². The Hall–Kier alpha value is -2.09. The molecular weight excluding hydrogens is 282 g/mol. The maximum absolute atomic E-state index is 12.6. The van der Waals surface area contributed by atoms with Crippen molar-refractivity contribution in [2.75, 3.05) is 18.6 Å². The molecule has 0 saturated carbocycles. The Morgan fingerprint density at radius 1 is 1.38 bits per heavy atom. The van der Waals surface area contributed by atoms with Crippen molar-refractivity contribution in [1.29, 1.82) is 0 Å². The molecule has 4 heteroatoms. The second kappa shape index (κ2) is 7.07. The predicted octanol–water partition coefficient (Wildman–Crippen LogP) is 3.07. The summed E-state index contributed by atoms with van der Waals surface area (Å²) in [6, 6.07) is 9.66. The minimum absolute atomic E-state index is 0.0314. The van der Waals surface area contributed by atoms with Crippen molar-refractivity contribution in [3.05, 3.63) is 51.7 Å². The Morgan fingerprint density at radius 2 is 2.19 bits per heavy atom. The molecule has 3 nitrogen and oxygen atoms in total. The van der Waals surface area contributed by atoms with Crippen LogP contribution >= 0.6 is 11.3 Å². The number of rotatable bonds is 3. The predicted molar refractivity (Wildman–Crippen MR) is 86.8 cm³/mol. The molecule has 1 N–H and O–H groups in total. The number of anilines is 1. The topological polar surface area (TPSA) is 40.5 Å². The minimum atomic E-state index is -0.0658. The lowest BCUT2D eigenvalue weighted by atomic mass is 10.2. The summed E-state index contributed by atoms with van der Waals surface area (Å²) in [6.45, 7) is 2.03. The van der Waals surface area contributed by atoms with Crippen molar-refractivity contribution in [1.82, 2.24) is 0 Å². The molecule has 108 valence electrons. The highest BCUT2D eigenvalue weighted by atomic mass is 32.1. The Morgan fingerprint density at radius 3 is 2.90 bits per heavy atom. The molecule has 1 heterocycles. The second-order valence-corrected chi connectivity index (χ2v) is 5.56. The van der Waals surface area contributed by atoms with E-state index >= 15 is 0 Å². The van der Waals surface area contributed by atoms with Crippen molar-refractivity contribution >= 4 is 22.9 Å². The fourth-order valence-electron chi connectivity index (χ4n) is 1.89. The van der Waals surface area contributed by atoms with Gasteiger partial charge in [-0.3, -0.25) is 4.79 Å². The number of carbonyl (C=O) groups excluding carboxylic acids is 1. The van der Waals surface area contributed by atoms with E-state index in [0.717, 1.165) is 16.8 Å². The van der Waals surface area contributed by atoms with Gasteiger partial charge in [-0.15, -0.1) is 11.3 Å². The van der Waals surface area contributed by atoms with Gasteiger partial charge in [-0.05, 0) is 36.1 Å². The van der Waals surface area contributed by atoms with E-state index in [9.17, 15) is 4.79 Å². The summed E-state index contributed by atoms with van der Waals surface area (Å²) in [5.74, 6) is 5.74. The van der Waals surface area contributed by atoms with Gasteiger partial charge in [-0.2, -0.15) is 0 Å². The first kappa shape index (κ1) is 15.3. The number of aliphatic hydroxyl groups is 1. The Bertz CT molecular complexity index is 694. The highest BCUT2D eigenvalue weighted by molar-refractivity contribution is 7.12. The van der Waals surface area contributed by atoms with E-state index in [0.29, 0.717) is 11.3 Å². The molecule has 0 radical (unpaired) electrons. The summed E-state index contributed by atoms with van der Waals surface area (Å²) in [5, 5.41) is 10.6. The highest BCUT2D eigenvalue weighted by Crippen LogP contribution is 2.22. The van der Waals surface area contributed by atoms with Crippen molar-refractivity contribution in [3.8, 4) is 11.8 Å². The van der Waals surface area contributed by atoms with E-state index in [1.807, 2.05) is 42.6 Å². The van der Waals surface area contributed by atoms with E-state index < -0.39 is 0 Å². The van der Waals surface area contributed by atoms with Crippen LogP contribution in [0.1, 0.15) is 27.2 Å². The maximum Gasteiger partial charge on any atom is 0.269 e. The number of nitrogens with zero attached hydrogens (tertiary/aromatic N) is 1. The number of hydrogen-bond acceptors (Lipinski definition) is 3. The summed E-state index contributed by atoms with van der Waals surface area (Å²) in [4.78, 5) is 14.9. The molecule has 0 fully saturated rings. The van der Waals surface area contributed by atoms with Crippen LogP contribution < -0.4 is 4.90 Å². The van der Waals surface area contributed by atoms with Crippen molar-refractivity contribution in [2.45, 2.75) is 13.3 Å². The van der Waals surface area contributed by atoms with Crippen LogP contribution in [0.3, 0.4) is 0 Å². The first-order chi connectivity index (χ1) is 10.1. The van der Waals surface area contributed by atoms with E-state index in [1.165, 1.54) is 11.3 Å². The molecule has 0 atom stereocenters. The third kappa shape index (κ3) is 3.72. The van der Waals surface area contributed by atoms with Crippen molar-refractivity contribution in [3.63, 3.8) is 0 Å². The molecule has 0 bridgehead atoms. The van der Waals surface area contributed by atoms with Gasteiger partial charge in [-0.1, -0.05) is 24.0 Å². The number of hydrogen-bond donors (Lipinski definition) is 1. The summed E-state index contributed by atoms with van der Waals surface area (Å²) < 4.78 is 0. The lowest BCUT2D eigenvalue weighted by Gasteiger charge is -2.17. The zero-order valence-corrected chi connectivity index (χ0v) is 12.9. The quantitative estimate of drug-likeness (QED) is 0.885. The molecule has 1 aromatic heterocycles. The molecule has 0 aliphatic carbocycles. The Balaban J connectivity index is 2.25. The zero-order chi connectivity index (χ0) is 15.2. The van der Waals surface area contributed by atoms with Crippen LogP contribution in [0.15, 0.2) is 35.7 Å². The molecule has 2 rings (SSSR count). The van der Waals surface area contributed by atoms with Gasteiger partial charge in [-0.25, -0.2) is 0 Å². The number of thiophene rings is 1. The number of amides is 1. The molecule has 0 unspecified atom stereocenters. The van der Waals surface area contributed by atoms with E-state index in [2.05, 4.69) is 11.8 Å². The van der Waals surface area contributed by atoms with E-state index in [-0.39, 0.29) is 12.5 Å². The highest BCUT2D eigenvalue weighted by Gasteiger charge is 2.17. The van der Waals surface area contributed by atoms with E-state index in [1.54, 1.807) is 11.9 Å². The van der Waals surface area contributed by atoms with Crippen LogP contribution in [0.4, 0.5) is 5.69 Å². The standard InChI is InChI=1S/C17H17NO2S/c1-13-6-5-8-15(12-13)18(2)17(20)16-14(9-11-21-16)7-3-4-10-19/h5-6,8-9,11-12,19H,4,10H2,1-2H3. The molecule has 0 aliphatic rings. The van der Waals surface area contributed by atoms with Gasteiger partial charge >= 0.3 is 0 Å². The fourth-order valence-corrected chi connectivity index (χ4v) is 2.72. The normalized spacial score (nSPS) is 9.86. The van der Waals surface area contributed by atoms with Gasteiger partial charge in [0.15, 0.2) is 0 Å². The largest absolute Gasteiger partial charge is 0.395 e. The molecule has 1 amide bonds. The fraction of sp³-hybridized carbons (Fsp3) is 0.235. The van der Waals surface area contributed by atoms with Gasteiger partial charge in [0.2, 0.25) is 0 Å². The van der Waals surface area contributed by atoms with Crippen LogP contribution in [0, 0.1) is 18.8 Å². The smallest absolute Gasteiger partial charge is 0.269 e. The third-order valence-corrected chi connectivity index (χ3v) is 3.92. The van der Waals surface area contributed by atoms with Gasteiger partial charge in [0.05, 0.1) is 6.61 Å². The lowest BCUT2D eigenvalue weighted by molar-refractivity contribution is 0.0996. The summed E-state index contributed by atoms with van der Waals surface area (Å²) in [7, 11) is 1.77. The molecule has 21 heavy (non-hydrogen) atoms. The molecular formula is C17H17NO2S. The van der Waals surface area contributed by atoms with Crippen molar-refractivity contribution in [2.24, 2.45) is 0 Å². The molecule has 0 saturated heterocycles. The van der Waals surface area contributed by atoms with Gasteiger partial charge in [0.1, 0.15) is 4.88 Å². The molecule has 1 aromatic carbocycles. The summed E-state index contributed by atoms with van der Waals surface area (Å²) in [6.07, 6.45) is 0.414.